The quantitative estimate of drug-likeness (QED) is 0.377. The van der Waals surface area contributed by atoms with E-state index in [0.29, 0.717) is 0 Å². The van der Waals surface area contributed by atoms with Gasteiger partial charge in [-0.05, 0) is 11.8 Å². The van der Waals surface area contributed by atoms with Crippen LogP contribution < -0.4 is 0 Å². The lowest BCUT2D eigenvalue weighted by Crippen LogP contribution is -1.94. The Morgan fingerprint density at radius 2 is 1.25 bits per heavy atom. The van der Waals surface area contributed by atoms with Crippen molar-refractivity contribution in [3.8, 4) is 0 Å². The monoisotopic (exact) mass is 225 g/mol. The van der Waals surface area contributed by atoms with Gasteiger partial charge in [-0.25, -0.2) is 0 Å². The molecule has 0 amide bonds. The lowest BCUT2D eigenvalue weighted by molar-refractivity contribution is 0.444. The normalized spacial score (nSPS) is 15.0. The third-order valence-electron chi connectivity index (χ3n) is 3.79. The molecule has 2 atom stereocenters. The van der Waals surface area contributed by atoms with Crippen LogP contribution in [0.1, 0.15) is 85.0 Å². The largest absolute Gasteiger partial charge is 0.0651 e. The van der Waals surface area contributed by atoms with E-state index in [4.69, 9.17) is 0 Å². The molecule has 2 unspecified atom stereocenters. The summed E-state index contributed by atoms with van der Waals surface area (Å²) in [6, 6.07) is 0. The van der Waals surface area contributed by atoms with E-state index in [-0.39, 0.29) is 0 Å². The van der Waals surface area contributed by atoms with Crippen LogP contribution in [0.25, 0.3) is 0 Å². The molecule has 0 aromatic rings. The molecule has 0 rings (SSSR count). The minimum absolute atomic E-state index is 0.901. The van der Waals surface area contributed by atoms with E-state index in [9.17, 15) is 0 Å². The van der Waals surface area contributed by atoms with Crippen LogP contribution >= 0.6 is 0 Å². The molecule has 0 nitrogen and oxygen atoms in total. The Bertz CT molecular complexity index is 128. The Hall–Kier alpha value is 0. The van der Waals surface area contributed by atoms with Crippen LogP contribution in [0.5, 0.6) is 0 Å². The van der Waals surface area contributed by atoms with E-state index >= 15 is 0 Å². The fraction of sp³-hybridized carbons (Fsp3) is 0.938. The van der Waals surface area contributed by atoms with Gasteiger partial charge in [0.1, 0.15) is 0 Å². The minimum atomic E-state index is 0.901. The molecule has 0 spiro atoms. The zero-order valence-corrected chi connectivity index (χ0v) is 11.9. The summed E-state index contributed by atoms with van der Waals surface area (Å²) in [6.07, 6.45) is 13.9. The Morgan fingerprint density at radius 3 is 1.75 bits per heavy atom. The van der Waals surface area contributed by atoms with Crippen LogP contribution in [0.4, 0.5) is 0 Å². The molecule has 0 saturated carbocycles. The van der Waals surface area contributed by atoms with Crippen molar-refractivity contribution >= 4 is 0 Å². The van der Waals surface area contributed by atoms with E-state index in [1.165, 1.54) is 57.8 Å². The topological polar surface area (TPSA) is 0 Å². The highest BCUT2D eigenvalue weighted by molar-refractivity contribution is 4.56. The predicted octanol–water partition coefficient (Wildman–Crippen LogP) is 6.01. The van der Waals surface area contributed by atoms with Crippen molar-refractivity contribution in [1.82, 2.24) is 0 Å². The van der Waals surface area contributed by atoms with Gasteiger partial charge in [-0.3, -0.25) is 0 Å². The van der Waals surface area contributed by atoms with Gasteiger partial charge < -0.3 is 0 Å². The van der Waals surface area contributed by atoms with Crippen LogP contribution in [0.2, 0.25) is 0 Å². The second-order valence-electron chi connectivity index (χ2n) is 5.61. The first-order valence-corrected chi connectivity index (χ1v) is 7.49. The first-order chi connectivity index (χ1) is 7.70. The molecule has 0 aliphatic heterocycles. The Kier molecular flexibility index (Phi) is 11.5. The van der Waals surface area contributed by atoms with E-state index < -0.39 is 0 Å². The molecule has 0 aliphatic rings. The maximum Gasteiger partial charge on any atom is -0.0443 e. The molecule has 0 aliphatic carbocycles. The van der Waals surface area contributed by atoms with Crippen molar-refractivity contribution < 1.29 is 0 Å². The van der Waals surface area contributed by atoms with Crippen LogP contribution in [0.15, 0.2) is 0 Å². The van der Waals surface area contributed by atoms with Crippen LogP contribution in [0, 0.1) is 18.8 Å². The summed E-state index contributed by atoms with van der Waals surface area (Å²) >= 11 is 0. The van der Waals surface area contributed by atoms with Gasteiger partial charge in [-0.1, -0.05) is 91.9 Å². The molecule has 0 fully saturated rings. The summed E-state index contributed by atoms with van der Waals surface area (Å²) in [5.41, 5.74) is 0. The van der Waals surface area contributed by atoms with E-state index in [1.807, 2.05) is 0 Å². The zero-order valence-electron chi connectivity index (χ0n) is 11.9. The fourth-order valence-electron chi connectivity index (χ4n) is 2.21. The highest BCUT2D eigenvalue weighted by atomic mass is 14.1. The first-order valence-electron chi connectivity index (χ1n) is 7.49. The lowest BCUT2D eigenvalue weighted by Gasteiger charge is -2.10. The summed E-state index contributed by atoms with van der Waals surface area (Å²) in [4.78, 5) is 0. The van der Waals surface area contributed by atoms with Crippen molar-refractivity contribution in [2.45, 2.75) is 85.0 Å². The Morgan fingerprint density at radius 1 is 0.750 bits per heavy atom. The van der Waals surface area contributed by atoms with Crippen molar-refractivity contribution in [1.29, 1.82) is 0 Å². The summed E-state index contributed by atoms with van der Waals surface area (Å²) in [7, 11) is 0. The summed E-state index contributed by atoms with van der Waals surface area (Å²) in [5, 5.41) is 0. The van der Waals surface area contributed by atoms with Crippen LogP contribution in [-0.2, 0) is 0 Å². The van der Waals surface area contributed by atoms with E-state index in [2.05, 4.69) is 27.7 Å². The Labute approximate surface area is 104 Å². The molecule has 1 radical (unpaired) electrons. The van der Waals surface area contributed by atoms with E-state index in [0.717, 1.165) is 18.3 Å². The highest BCUT2D eigenvalue weighted by Crippen LogP contribution is 2.17. The van der Waals surface area contributed by atoms with Gasteiger partial charge in [0.2, 0.25) is 0 Å². The van der Waals surface area contributed by atoms with Gasteiger partial charge in [0.05, 0.1) is 0 Å². The molecule has 0 aromatic carbocycles. The molecule has 97 valence electrons. The van der Waals surface area contributed by atoms with Gasteiger partial charge >= 0.3 is 0 Å². The second-order valence-corrected chi connectivity index (χ2v) is 5.61. The van der Waals surface area contributed by atoms with Crippen LogP contribution in [-0.4, -0.2) is 0 Å². The van der Waals surface area contributed by atoms with Crippen molar-refractivity contribution in [2.24, 2.45) is 11.8 Å². The summed E-state index contributed by atoms with van der Waals surface area (Å²) < 4.78 is 0. The summed E-state index contributed by atoms with van der Waals surface area (Å²) in [5.74, 6) is 1.84. The number of hydrogen-bond donors (Lipinski definition) is 0. The molecular weight excluding hydrogens is 192 g/mol. The minimum Gasteiger partial charge on any atom is -0.0651 e. The first kappa shape index (κ1) is 16.0. The Balaban J connectivity index is 3.09. The molecule has 0 saturated heterocycles. The summed E-state index contributed by atoms with van der Waals surface area (Å²) in [6.45, 7) is 11.0. The second kappa shape index (κ2) is 11.5. The van der Waals surface area contributed by atoms with Gasteiger partial charge in [0, 0.05) is 0 Å². The van der Waals surface area contributed by atoms with Gasteiger partial charge in [0.15, 0.2) is 0 Å². The van der Waals surface area contributed by atoms with Crippen molar-refractivity contribution in [3.63, 3.8) is 0 Å². The smallest absolute Gasteiger partial charge is 0.0443 e. The number of hydrogen-bond acceptors (Lipinski definition) is 0. The maximum absolute atomic E-state index is 3.92. The fourth-order valence-corrected chi connectivity index (χ4v) is 2.21. The molecule has 0 heteroatoms. The van der Waals surface area contributed by atoms with Gasteiger partial charge in [0.25, 0.3) is 0 Å². The highest BCUT2D eigenvalue weighted by Gasteiger charge is 2.01. The third-order valence-corrected chi connectivity index (χ3v) is 3.79. The molecular formula is C16H33. The SMILES string of the molecule is [CH2]CCC(C)CCCCCCCC(C)CC. The maximum atomic E-state index is 3.92. The van der Waals surface area contributed by atoms with E-state index in [1.54, 1.807) is 0 Å². The van der Waals surface area contributed by atoms with Gasteiger partial charge in [-0.15, -0.1) is 0 Å². The average molecular weight is 225 g/mol. The molecule has 0 aromatic heterocycles. The van der Waals surface area contributed by atoms with Crippen LogP contribution in [0.3, 0.4) is 0 Å². The lowest BCUT2D eigenvalue weighted by atomic mass is 9.97. The molecule has 0 heterocycles. The standard InChI is InChI=1S/C16H33/c1-5-12-16(4)14-11-9-7-8-10-13-15(3)6-2/h15-16H,1,5-14H2,2-4H3. The molecule has 0 N–H and O–H groups in total. The number of rotatable bonds is 11. The average Bonchev–Trinajstić information content (AvgIpc) is 2.27. The third kappa shape index (κ3) is 10.5. The zero-order chi connectivity index (χ0) is 12.2. The number of unbranched alkanes of at least 4 members (excludes halogenated alkanes) is 4. The van der Waals surface area contributed by atoms with Gasteiger partial charge in [-0.2, -0.15) is 0 Å². The van der Waals surface area contributed by atoms with Crippen molar-refractivity contribution in [3.05, 3.63) is 6.92 Å². The van der Waals surface area contributed by atoms with Crippen molar-refractivity contribution in [2.75, 3.05) is 0 Å². The molecule has 16 heavy (non-hydrogen) atoms. The predicted molar refractivity (Wildman–Crippen MR) is 75.5 cm³/mol. The molecule has 0 bridgehead atoms.